The van der Waals surface area contributed by atoms with Crippen molar-refractivity contribution in [3.63, 3.8) is 0 Å². The predicted octanol–water partition coefficient (Wildman–Crippen LogP) is 4.47. The fourth-order valence-corrected chi connectivity index (χ4v) is 6.95. The molecule has 10 nitrogen and oxygen atoms in total. The lowest BCUT2D eigenvalue weighted by molar-refractivity contribution is -0.137. The third kappa shape index (κ3) is 11.4. The van der Waals surface area contributed by atoms with Gasteiger partial charge in [0, 0.05) is 33.0 Å². The molecular weight excluding hydrogens is 630 g/mol. The van der Waals surface area contributed by atoms with Gasteiger partial charge >= 0.3 is 0 Å². The summed E-state index contributed by atoms with van der Waals surface area (Å²) in [7, 11) is 1.72. The topological polar surface area (TPSA) is 137 Å². The van der Waals surface area contributed by atoms with Crippen LogP contribution in [0.5, 0.6) is 0 Å². The molecule has 4 rings (SSSR count). The summed E-state index contributed by atoms with van der Waals surface area (Å²) in [6.07, 6.45) is 11.8. The molecule has 1 aliphatic rings. The normalized spacial score (nSPS) is 16.6. The number of imidazole rings is 1. The highest BCUT2D eigenvalue weighted by atomic mass is 16.3. The summed E-state index contributed by atoms with van der Waals surface area (Å²) in [5.74, 6) is 1.07. The lowest BCUT2D eigenvalue weighted by atomic mass is 9.82. The molecule has 2 aromatic carbocycles. The zero-order valence-corrected chi connectivity index (χ0v) is 29.8. The lowest BCUT2D eigenvalue weighted by Crippen LogP contribution is -2.56. The van der Waals surface area contributed by atoms with Gasteiger partial charge in [-0.05, 0) is 48.8 Å². The summed E-state index contributed by atoms with van der Waals surface area (Å²) < 4.78 is 2.00. The maximum atomic E-state index is 13.9. The highest BCUT2D eigenvalue weighted by molar-refractivity contribution is 5.91. The highest BCUT2D eigenvalue weighted by Gasteiger charge is 2.34. The second-order valence-electron chi connectivity index (χ2n) is 14.3. The molecular formula is C40H55N5O5. The quantitative estimate of drug-likeness (QED) is 0.146. The molecule has 0 saturated heterocycles. The Morgan fingerprint density at radius 3 is 2.40 bits per heavy atom. The van der Waals surface area contributed by atoms with Crippen molar-refractivity contribution < 1.29 is 24.6 Å². The van der Waals surface area contributed by atoms with Gasteiger partial charge in [-0.1, -0.05) is 88.4 Å². The first kappa shape index (κ1) is 38.6. The van der Waals surface area contributed by atoms with Crippen LogP contribution in [-0.2, 0) is 27.3 Å². The number of nitrogens with one attached hydrogen (secondary N) is 2. The smallest absolute Gasteiger partial charge is 0.243 e. The van der Waals surface area contributed by atoms with E-state index in [1.54, 1.807) is 18.3 Å². The number of aromatic nitrogens is 2. The molecule has 1 saturated carbocycles. The third-order valence-corrected chi connectivity index (χ3v) is 9.86. The van der Waals surface area contributed by atoms with Gasteiger partial charge in [-0.15, -0.1) is 12.3 Å². The standard InChI is InChI=1S/C40H55N5O5/c1-5-14-33(40(50)43-34(25-30-17-10-7-11-18-30)38(48)36(46)23-28(2)3)42-39(49)31(24-29-15-8-6-9-16-29)26-37(47)44(4)21-22-45-27-41-32-19-12-13-20-35(32)45/h1,6,8-9,12-13,15-16,19-20,27-28,30-31,33-34,36,38,46,48H,7,10-11,14,17-18,21-26H2,2-4H3,(H,42,49)(H,43,50). The molecule has 0 aliphatic heterocycles. The molecule has 0 bridgehead atoms. The van der Waals surface area contributed by atoms with E-state index in [1.165, 1.54) is 6.42 Å². The van der Waals surface area contributed by atoms with E-state index in [4.69, 9.17) is 6.42 Å². The number of benzene rings is 2. The minimum Gasteiger partial charge on any atom is -0.390 e. The molecule has 0 spiro atoms. The lowest BCUT2D eigenvalue weighted by Gasteiger charge is -2.33. The van der Waals surface area contributed by atoms with Gasteiger partial charge in [-0.2, -0.15) is 0 Å². The van der Waals surface area contributed by atoms with Crippen molar-refractivity contribution in [2.45, 2.75) is 109 Å². The Labute approximate surface area is 297 Å². The van der Waals surface area contributed by atoms with Crippen LogP contribution in [-0.4, -0.2) is 80.3 Å². The zero-order chi connectivity index (χ0) is 36.0. The number of hydrogen-bond donors (Lipinski definition) is 4. The molecule has 3 amide bonds. The number of rotatable bonds is 18. The fraction of sp³-hybridized carbons (Fsp3) is 0.550. The van der Waals surface area contributed by atoms with Crippen LogP contribution in [0.15, 0.2) is 60.9 Å². The van der Waals surface area contributed by atoms with Crippen molar-refractivity contribution in [3.8, 4) is 12.3 Å². The number of carbonyl (C=O) groups is 3. The van der Waals surface area contributed by atoms with Crippen LogP contribution in [0.25, 0.3) is 11.0 Å². The number of para-hydroxylation sites is 2. The van der Waals surface area contributed by atoms with Gasteiger partial charge in [0.1, 0.15) is 12.1 Å². The fourth-order valence-electron chi connectivity index (χ4n) is 6.95. The molecule has 1 heterocycles. The molecule has 10 heteroatoms. The molecule has 5 unspecified atom stereocenters. The van der Waals surface area contributed by atoms with Crippen LogP contribution in [0.2, 0.25) is 0 Å². The van der Waals surface area contributed by atoms with Gasteiger partial charge in [-0.25, -0.2) is 4.98 Å². The predicted molar refractivity (Wildman–Crippen MR) is 196 cm³/mol. The van der Waals surface area contributed by atoms with Gasteiger partial charge in [0.05, 0.1) is 35.4 Å². The second-order valence-corrected chi connectivity index (χ2v) is 14.3. The van der Waals surface area contributed by atoms with Gasteiger partial charge in [-0.3, -0.25) is 14.4 Å². The Morgan fingerprint density at radius 2 is 1.70 bits per heavy atom. The number of likely N-dealkylation sites (N-methyl/N-ethyl adjacent to an activating group) is 1. The summed E-state index contributed by atoms with van der Waals surface area (Å²) >= 11 is 0. The van der Waals surface area contributed by atoms with Crippen LogP contribution in [0.4, 0.5) is 0 Å². The van der Waals surface area contributed by atoms with E-state index in [0.29, 0.717) is 38.3 Å². The van der Waals surface area contributed by atoms with Crippen molar-refractivity contribution >= 4 is 28.8 Å². The van der Waals surface area contributed by atoms with Crippen molar-refractivity contribution in [1.82, 2.24) is 25.1 Å². The summed E-state index contributed by atoms with van der Waals surface area (Å²) in [6, 6.07) is 15.5. The molecule has 0 radical (unpaired) electrons. The number of hydrogen-bond acceptors (Lipinski definition) is 6. The number of carbonyl (C=O) groups excluding carboxylic acids is 3. The molecule has 50 heavy (non-hydrogen) atoms. The monoisotopic (exact) mass is 685 g/mol. The zero-order valence-electron chi connectivity index (χ0n) is 29.8. The first-order chi connectivity index (χ1) is 24.0. The summed E-state index contributed by atoms with van der Waals surface area (Å²) in [5, 5.41) is 27.8. The van der Waals surface area contributed by atoms with Crippen molar-refractivity contribution in [2.75, 3.05) is 13.6 Å². The minimum atomic E-state index is -1.16. The van der Waals surface area contributed by atoms with Crippen molar-refractivity contribution in [1.29, 1.82) is 0 Å². The average Bonchev–Trinajstić information content (AvgIpc) is 3.53. The van der Waals surface area contributed by atoms with E-state index >= 15 is 0 Å². The largest absolute Gasteiger partial charge is 0.390 e. The molecule has 1 fully saturated rings. The van der Waals surface area contributed by atoms with Crippen molar-refractivity contribution in [2.24, 2.45) is 17.8 Å². The van der Waals surface area contributed by atoms with Gasteiger partial charge in [0.15, 0.2) is 0 Å². The Morgan fingerprint density at radius 1 is 1.00 bits per heavy atom. The van der Waals surface area contributed by atoms with Crippen LogP contribution < -0.4 is 10.6 Å². The van der Waals surface area contributed by atoms with Gasteiger partial charge in [0.2, 0.25) is 17.7 Å². The maximum absolute atomic E-state index is 13.9. The number of terminal acetylenes is 1. The molecule has 1 aromatic heterocycles. The Kier molecular flexibility index (Phi) is 14.9. The van der Waals surface area contributed by atoms with Crippen LogP contribution in [0.3, 0.4) is 0 Å². The van der Waals surface area contributed by atoms with Crippen molar-refractivity contribution in [3.05, 3.63) is 66.5 Å². The van der Waals surface area contributed by atoms with Gasteiger partial charge in [0.25, 0.3) is 0 Å². The minimum absolute atomic E-state index is 0.0588. The molecule has 1 aliphatic carbocycles. The van der Waals surface area contributed by atoms with Crippen LogP contribution >= 0.6 is 0 Å². The Bertz CT molecular complexity index is 1560. The van der Waals surface area contributed by atoms with Crippen LogP contribution in [0, 0.1) is 30.1 Å². The van der Waals surface area contributed by atoms with E-state index in [1.807, 2.05) is 73.0 Å². The molecule has 270 valence electrons. The number of aliphatic hydroxyl groups excluding tert-OH is 2. The first-order valence-corrected chi connectivity index (χ1v) is 18.1. The highest BCUT2D eigenvalue weighted by Crippen LogP contribution is 2.29. The van der Waals surface area contributed by atoms with Crippen LogP contribution in [0.1, 0.15) is 77.2 Å². The Balaban J connectivity index is 1.45. The SMILES string of the molecule is C#CCC(NC(=O)C(CC(=O)N(C)CCn1cnc2ccccc21)Cc1ccccc1)C(=O)NC(CC1CCCCC1)C(O)C(O)CC(C)C. The number of fused-ring (bicyclic) bond motifs is 1. The van der Waals surface area contributed by atoms with E-state index in [2.05, 4.69) is 21.5 Å². The number of nitrogens with zero attached hydrogens (tertiary/aromatic N) is 3. The van der Waals surface area contributed by atoms with Gasteiger partial charge < -0.3 is 30.3 Å². The summed E-state index contributed by atoms with van der Waals surface area (Å²) in [6.45, 7) is 4.91. The summed E-state index contributed by atoms with van der Waals surface area (Å²) in [4.78, 5) is 47.3. The molecule has 5 atom stereocenters. The Hall–Kier alpha value is -4.20. The average molecular weight is 686 g/mol. The first-order valence-electron chi connectivity index (χ1n) is 18.1. The van der Waals surface area contributed by atoms with E-state index < -0.39 is 42.0 Å². The second kappa shape index (κ2) is 19.3. The molecule has 4 N–H and O–H groups in total. The van der Waals surface area contributed by atoms with E-state index in [0.717, 1.165) is 42.3 Å². The summed E-state index contributed by atoms with van der Waals surface area (Å²) in [5.41, 5.74) is 2.75. The number of amides is 3. The van der Waals surface area contributed by atoms with E-state index in [9.17, 15) is 24.6 Å². The maximum Gasteiger partial charge on any atom is 0.243 e. The number of aliphatic hydroxyl groups is 2. The molecule has 3 aromatic rings. The third-order valence-electron chi connectivity index (χ3n) is 9.86. The van der Waals surface area contributed by atoms with E-state index in [-0.39, 0.29) is 24.7 Å².